The van der Waals surface area contributed by atoms with Crippen molar-refractivity contribution in [3.8, 4) is 0 Å². The number of carboxylic acid groups (broad SMARTS) is 1. The van der Waals surface area contributed by atoms with Crippen LogP contribution in [0.3, 0.4) is 0 Å². The summed E-state index contributed by atoms with van der Waals surface area (Å²) in [7, 11) is 1.61. The third-order valence-corrected chi connectivity index (χ3v) is 4.48. The number of hydrogen-bond acceptors (Lipinski definition) is 5. The average Bonchev–Trinajstić information content (AvgIpc) is 2.99. The van der Waals surface area contributed by atoms with E-state index in [9.17, 15) is 14.7 Å². The molecule has 2 aliphatic heterocycles. The van der Waals surface area contributed by atoms with Gasteiger partial charge in [0, 0.05) is 38.4 Å². The second-order valence-electron chi connectivity index (χ2n) is 5.07. The zero-order chi connectivity index (χ0) is 14.3. The predicted molar refractivity (Wildman–Crippen MR) is 72.7 cm³/mol. The molecular formula is C12H14N4O3S. The van der Waals surface area contributed by atoms with E-state index in [1.165, 1.54) is 21.2 Å². The Labute approximate surface area is 119 Å². The molecule has 106 valence electrons. The molecule has 1 aromatic rings. The summed E-state index contributed by atoms with van der Waals surface area (Å²) < 4.78 is 0. The number of hydrogen-bond donors (Lipinski definition) is 1. The smallest absolute Gasteiger partial charge is 0.407 e. The fraction of sp³-hybridized carbons (Fsp3) is 0.500. The maximum Gasteiger partial charge on any atom is 0.407 e. The molecule has 1 saturated heterocycles. The number of hydrazone groups is 1. The van der Waals surface area contributed by atoms with E-state index in [0.29, 0.717) is 19.4 Å². The molecule has 3 heterocycles. The summed E-state index contributed by atoms with van der Waals surface area (Å²) in [6, 6.07) is 0. The first-order valence-corrected chi connectivity index (χ1v) is 7.18. The number of aromatic nitrogens is 1. The van der Waals surface area contributed by atoms with Gasteiger partial charge >= 0.3 is 6.09 Å². The van der Waals surface area contributed by atoms with Gasteiger partial charge in [-0.15, -0.1) is 11.3 Å². The lowest BCUT2D eigenvalue weighted by atomic mass is 9.74. The van der Waals surface area contributed by atoms with E-state index in [4.69, 9.17) is 0 Å². The second-order valence-corrected chi connectivity index (χ2v) is 5.79. The van der Waals surface area contributed by atoms with Gasteiger partial charge < -0.3 is 10.0 Å². The highest BCUT2D eigenvalue weighted by molar-refractivity contribution is 7.07. The Balaban J connectivity index is 1.97. The van der Waals surface area contributed by atoms with E-state index >= 15 is 0 Å². The van der Waals surface area contributed by atoms with E-state index in [2.05, 4.69) is 10.1 Å². The summed E-state index contributed by atoms with van der Waals surface area (Å²) >= 11 is 1.46. The Morgan fingerprint density at radius 2 is 2.40 bits per heavy atom. The van der Waals surface area contributed by atoms with Gasteiger partial charge in [0.1, 0.15) is 5.41 Å². The van der Waals surface area contributed by atoms with E-state index in [1.807, 2.05) is 5.38 Å². The fourth-order valence-electron chi connectivity index (χ4n) is 2.88. The van der Waals surface area contributed by atoms with E-state index in [-0.39, 0.29) is 12.5 Å². The van der Waals surface area contributed by atoms with Crippen molar-refractivity contribution < 1.29 is 14.7 Å². The minimum absolute atomic E-state index is 0.147. The second kappa shape index (κ2) is 4.55. The van der Waals surface area contributed by atoms with Gasteiger partial charge in [-0.25, -0.2) is 14.8 Å². The van der Waals surface area contributed by atoms with Gasteiger partial charge in [0.15, 0.2) is 0 Å². The molecule has 2 amide bonds. The number of likely N-dealkylation sites (tertiary alicyclic amines) is 1. The van der Waals surface area contributed by atoms with E-state index in [1.54, 1.807) is 12.6 Å². The van der Waals surface area contributed by atoms with Crippen LogP contribution in [0.5, 0.6) is 0 Å². The number of thiazole rings is 1. The van der Waals surface area contributed by atoms with Gasteiger partial charge in [-0.1, -0.05) is 0 Å². The lowest BCUT2D eigenvalue weighted by molar-refractivity contribution is -0.135. The SMILES string of the molecule is CN1N=C2CCN(C(=O)O)CC2(Cc2cscn2)C1=O. The molecule has 0 saturated carbocycles. The molecule has 20 heavy (non-hydrogen) atoms. The van der Waals surface area contributed by atoms with Crippen molar-refractivity contribution in [3.05, 3.63) is 16.6 Å². The molecule has 0 radical (unpaired) electrons. The number of carbonyl (C=O) groups excluding carboxylic acids is 1. The first kappa shape index (κ1) is 13.0. The predicted octanol–water partition coefficient (Wildman–Crippen LogP) is 0.884. The highest BCUT2D eigenvalue weighted by Crippen LogP contribution is 2.37. The molecule has 0 spiro atoms. The maximum absolute atomic E-state index is 12.5. The highest BCUT2D eigenvalue weighted by atomic mass is 32.1. The summed E-state index contributed by atoms with van der Waals surface area (Å²) in [5.41, 5.74) is 2.41. The van der Waals surface area contributed by atoms with Crippen LogP contribution < -0.4 is 0 Å². The van der Waals surface area contributed by atoms with Crippen molar-refractivity contribution in [1.82, 2.24) is 14.9 Å². The molecule has 7 nitrogen and oxygen atoms in total. The average molecular weight is 294 g/mol. The summed E-state index contributed by atoms with van der Waals surface area (Å²) in [5, 5.41) is 16.7. The van der Waals surface area contributed by atoms with Crippen LogP contribution in [0.4, 0.5) is 4.79 Å². The summed E-state index contributed by atoms with van der Waals surface area (Å²) in [6.07, 6.45) is -0.0986. The van der Waals surface area contributed by atoms with Crippen molar-refractivity contribution in [3.63, 3.8) is 0 Å². The van der Waals surface area contributed by atoms with Gasteiger partial charge in [0.2, 0.25) is 0 Å². The Hall–Kier alpha value is -1.96. The van der Waals surface area contributed by atoms with Crippen molar-refractivity contribution in [2.24, 2.45) is 10.5 Å². The molecule has 1 atom stereocenters. The summed E-state index contributed by atoms with van der Waals surface area (Å²) in [4.78, 5) is 29.3. The van der Waals surface area contributed by atoms with Crippen molar-refractivity contribution >= 4 is 29.0 Å². The van der Waals surface area contributed by atoms with E-state index < -0.39 is 11.5 Å². The van der Waals surface area contributed by atoms with Crippen molar-refractivity contribution in [2.45, 2.75) is 12.8 Å². The summed E-state index contributed by atoms with van der Waals surface area (Å²) in [5.74, 6) is -0.147. The minimum Gasteiger partial charge on any atom is -0.465 e. The van der Waals surface area contributed by atoms with Crippen LogP contribution in [0, 0.1) is 5.41 Å². The Kier molecular flexibility index (Phi) is 2.97. The van der Waals surface area contributed by atoms with Gasteiger partial charge in [0.05, 0.1) is 16.9 Å². The molecule has 1 fully saturated rings. The largest absolute Gasteiger partial charge is 0.465 e. The van der Waals surface area contributed by atoms with Gasteiger partial charge in [0.25, 0.3) is 5.91 Å². The van der Waals surface area contributed by atoms with Crippen molar-refractivity contribution in [2.75, 3.05) is 20.1 Å². The number of fused-ring (bicyclic) bond motifs is 1. The standard InChI is InChI=1S/C12H14N4O3S/c1-15-10(17)12(4-8-5-20-7-13-8)6-16(11(18)19)3-2-9(12)14-15/h5,7H,2-4,6H2,1H3,(H,18,19). The van der Waals surface area contributed by atoms with Crippen LogP contribution in [0.1, 0.15) is 12.1 Å². The molecular weight excluding hydrogens is 280 g/mol. The molecule has 0 bridgehead atoms. The van der Waals surface area contributed by atoms with Crippen LogP contribution in [0.2, 0.25) is 0 Å². The Morgan fingerprint density at radius 3 is 3.05 bits per heavy atom. The molecule has 1 aromatic heterocycles. The molecule has 1 N–H and O–H groups in total. The number of rotatable bonds is 2. The molecule has 1 unspecified atom stereocenters. The number of nitrogens with zero attached hydrogens (tertiary/aromatic N) is 4. The van der Waals surface area contributed by atoms with Crippen LogP contribution in [0.15, 0.2) is 16.0 Å². The normalized spacial score (nSPS) is 25.6. The Bertz CT molecular complexity index is 586. The topological polar surface area (TPSA) is 86.1 Å². The maximum atomic E-state index is 12.5. The van der Waals surface area contributed by atoms with E-state index in [0.717, 1.165) is 11.4 Å². The lowest BCUT2D eigenvalue weighted by Gasteiger charge is -2.37. The zero-order valence-electron chi connectivity index (χ0n) is 10.9. The quantitative estimate of drug-likeness (QED) is 0.877. The van der Waals surface area contributed by atoms with Gasteiger partial charge in [-0.3, -0.25) is 4.79 Å². The van der Waals surface area contributed by atoms with Crippen LogP contribution in [-0.4, -0.2) is 57.8 Å². The molecule has 3 rings (SSSR count). The molecule has 8 heteroatoms. The zero-order valence-corrected chi connectivity index (χ0v) is 11.8. The molecule has 0 aromatic carbocycles. The molecule has 2 aliphatic rings. The highest BCUT2D eigenvalue weighted by Gasteiger charge is 2.53. The molecule has 0 aliphatic carbocycles. The monoisotopic (exact) mass is 294 g/mol. The fourth-order valence-corrected chi connectivity index (χ4v) is 3.44. The van der Waals surface area contributed by atoms with Crippen LogP contribution in [0.25, 0.3) is 0 Å². The third-order valence-electron chi connectivity index (χ3n) is 3.84. The number of amides is 2. The third kappa shape index (κ3) is 1.87. The number of piperidine rings is 1. The summed E-state index contributed by atoms with van der Waals surface area (Å²) in [6.45, 7) is 0.538. The number of carbonyl (C=O) groups is 2. The lowest BCUT2D eigenvalue weighted by Crippen LogP contribution is -2.55. The van der Waals surface area contributed by atoms with Crippen molar-refractivity contribution in [1.29, 1.82) is 0 Å². The van der Waals surface area contributed by atoms with Crippen LogP contribution >= 0.6 is 11.3 Å². The van der Waals surface area contributed by atoms with Crippen LogP contribution in [-0.2, 0) is 11.2 Å². The first-order valence-electron chi connectivity index (χ1n) is 6.24. The Morgan fingerprint density at radius 1 is 1.60 bits per heavy atom. The van der Waals surface area contributed by atoms with Gasteiger partial charge in [-0.05, 0) is 0 Å². The first-order chi connectivity index (χ1) is 9.53. The minimum atomic E-state index is -0.996. The van der Waals surface area contributed by atoms with Gasteiger partial charge in [-0.2, -0.15) is 5.10 Å².